The summed E-state index contributed by atoms with van der Waals surface area (Å²) < 4.78 is 21.8. The molecule has 6 nitrogen and oxygen atoms in total. The normalized spacial score (nSPS) is 17.0. The molecule has 0 aliphatic carbocycles. The van der Waals surface area contributed by atoms with E-state index in [1.807, 2.05) is 36.4 Å². The molecule has 0 radical (unpaired) electrons. The van der Waals surface area contributed by atoms with Gasteiger partial charge in [-0.1, -0.05) is 86.6 Å². The number of hydrogen-bond donors (Lipinski definition) is 2. The van der Waals surface area contributed by atoms with Crippen molar-refractivity contribution in [1.29, 1.82) is 0 Å². The maximum absolute atomic E-state index is 14.7. The van der Waals surface area contributed by atoms with E-state index in [-0.39, 0.29) is 28.4 Å². The molecule has 0 aromatic heterocycles. The third-order valence-corrected chi connectivity index (χ3v) is 11.9. The Hall–Kier alpha value is -3.49. The summed E-state index contributed by atoms with van der Waals surface area (Å²) in [5, 5.41) is 13.9. The van der Waals surface area contributed by atoms with Crippen LogP contribution in [0.1, 0.15) is 39.2 Å². The lowest BCUT2D eigenvalue weighted by molar-refractivity contribution is -0.117. The van der Waals surface area contributed by atoms with E-state index in [4.69, 9.17) is 15.4 Å². The molecule has 0 bridgehead atoms. The Labute approximate surface area is 212 Å². The number of halogens is 1. The summed E-state index contributed by atoms with van der Waals surface area (Å²) in [6, 6.07) is 24.7. The van der Waals surface area contributed by atoms with Crippen LogP contribution in [0, 0.1) is 5.82 Å². The van der Waals surface area contributed by atoms with Crippen molar-refractivity contribution in [3.63, 3.8) is 0 Å². The van der Waals surface area contributed by atoms with Gasteiger partial charge in [0.1, 0.15) is 5.82 Å². The first kappa shape index (κ1) is 25.6. The smallest absolute Gasteiger partial charge is 0.261 e. The van der Waals surface area contributed by atoms with Gasteiger partial charge in [-0.3, -0.25) is 4.79 Å². The van der Waals surface area contributed by atoms with E-state index < -0.39 is 14.1 Å². The van der Waals surface area contributed by atoms with E-state index in [0.717, 1.165) is 10.4 Å². The standard InChI is InChI=1S/C28H32FN3O3Si/c1-28(2,3)36(22-10-6-4-7-11-22,23-12-8-5-9-13-23)35-19-21-15-17-26(33)32(21)20-14-16-24(25(29)18-20)27(30)31-34/h4-14,16,18,21,34H,15,17,19H2,1-3H3,(H2,30,31)/t21-/m0/s1. The number of carbonyl (C=O) groups is 1. The fraction of sp³-hybridized carbons (Fsp3) is 0.286. The molecule has 0 spiro atoms. The zero-order chi connectivity index (χ0) is 25.9. The highest BCUT2D eigenvalue weighted by molar-refractivity contribution is 6.99. The highest BCUT2D eigenvalue weighted by Crippen LogP contribution is 2.38. The second-order valence-corrected chi connectivity index (χ2v) is 14.4. The van der Waals surface area contributed by atoms with Gasteiger partial charge in [-0.2, -0.15) is 0 Å². The number of carbonyl (C=O) groups excluding carboxylic acids is 1. The molecule has 1 saturated heterocycles. The van der Waals surface area contributed by atoms with E-state index in [9.17, 15) is 9.18 Å². The van der Waals surface area contributed by atoms with E-state index >= 15 is 0 Å². The summed E-state index contributed by atoms with van der Waals surface area (Å²) in [7, 11) is -2.78. The number of hydrogen-bond acceptors (Lipinski definition) is 4. The van der Waals surface area contributed by atoms with Gasteiger partial charge in [-0.05, 0) is 40.0 Å². The van der Waals surface area contributed by atoms with Crippen molar-refractivity contribution in [3.8, 4) is 0 Å². The summed E-state index contributed by atoms with van der Waals surface area (Å²) >= 11 is 0. The number of amides is 1. The van der Waals surface area contributed by atoms with Crippen molar-refractivity contribution in [2.45, 2.75) is 44.7 Å². The molecule has 1 atom stereocenters. The van der Waals surface area contributed by atoms with Crippen LogP contribution in [0.25, 0.3) is 0 Å². The molecule has 1 heterocycles. The van der Waals surface area contributed by atoms with Crippen molar-refractivity contribution in [2.75, 3.05) is 11.5 Å². The molecular formula is C28H32FN3O3Si. The first-order chi connectivity index (χ1) is 17.2. The van der Waals surface area contributed by atoms with Crippen LogP contribution in [0.2, 0.25) is 5.04 Å². The van der Waals surface area contributed by atoms with Crippen LogP contribution in [0.5, 0.6) is 0 Å². The SMILES string of the molecule is CC(C)(C)[Si](OC[C@@H]1CCC(=O)N1c1ccc(/C(N)=N/O)c(F)c1)(c1ccccc1)c1ccccc1. The summed E-state index contributed by atoms with van der Waals surface area (Å²) in [6.45, 7) is 6.94. The highest BCUT2D eigenvalue weighted by atomic mass is 28.4. The van der Waals surface area contributed by atoms with Gasteiger partial charge in [0.15, 0.2) is 5.84 Å². The van der Waals surface area contributed by atoms with Crippen molar-refractivity contribution in [2.24, 2.45) is 10.9 Å². The fourth-order valence-electron chi connectivity index (χ4n) is 5.15. The lowest BCUT2D eigenvalue weighted by Gasteiger charge is -2.44. The summed E-state index contributed by atoms with van der Waals surface area (Å²) in [5.41, 5.74) is 5.97. The number of oxime groups is 1. The van der Waals surface area contributed by atoms with Gasteiger partial charge in [0.25, 0.3) is 8.32 Å². The third-order valence-electron chi connectivity index (χ3n) is 6.85. The molecule has 0 unspecified atom stereocenters. The molecule has 0 saturated carbocycles. The molecular weight excluding hydrogens is 473 g/mol. The molecule has 3 aromatic rings. The van der Waals surface area contributed by atoms with Crippen molar-refractivity contribution < 1.29 is 18.8 Å². The van der Waals surface area contributed by atoms with Gasteiger partial charge in [0.2, 0.25) is 5.91 Å². The van der Waals surface area contributed by atoms with Crippen LogP contribution in [-0.2, 0) is 9.22 Å². The highest BCUT2D eigenvalue weighted by Gasteiger charge is 2.51. The molecule has 4 rings (SSSR count). The fourth-order valence-corrected chi connectivity index (χ4v) is 9.75. The zero-order valence-corrected chi connectivity index (χ0v) is 21.8. The molecule has 1 fully saturated rings. The van der Waals surface area contributed by atoms with Crippen molar-refractivity contribution in [3.05, 3.63) is 90.2 Å². The average molecular weight is 506 g/mol. The van der Waals surface area contributed by atoms with Crippen LogP contribution in [0.3, 0.4) is 0 Å². The lowest BCUT2D eigenvalue weighted by Crippen LogP contribution is -2.67. The first-order valence-corrected chi connectivity index (χ1v) is 13.9. The van der Waals surface area contributed by atoms with Crippen LogP contribution in [-0.4, -0.2) is 37.9 Å². The molecule has 3 N–H and O–H groups in total. The monoisotopic (exact) mass is 505 g/mol. The zero-order valence-electron chi connectivity index (χ0n) is 20.8. The predicted molar refractivity (Wildman–Crippen MR) is 143 cm³/mol. The lowest BCUT2D eigenvalue weighted by atomic mass is 10.1. The topological polar surface area (TPSA) is 88.2 Å². The number of anilines is 1. The van der Waals surface area contributed by atoms with E-state index in [2.05, 4.69) is 50.2 Å². The molecule has 36 heavy (non-hydrogen) atoms. The van der Waals surface area contributed by atoms with Gasteiger partial charge in [-0.25, -0.2) is 4.39 Å². The van der Waals surface area contributed by atoms with Gasteiger partial charge in [-0.15, -0.1) is 0 Å². The van der Waals surface area contributed by atoms with Crippen LogP contribution < -0.4 is 21.0 Å². The van der Waals surface area contributed by atoms with Gasteiger partial charge < -0.3 is 20.3 Å². The minimum atomic E-state index is -2.78. The summed E-state index contributed by atoms with van der Waals surface area (Å²) in [4.78, 5) is 14.5. The predicted octanol–water partition coefficient (Wildman–Crippen LogP) is 3.99. The molecule has 1 amide bonds. The maximum Gasteiger partial charge on any atom is 0.261 e. The Morgan fingerprint density at radius 1 is 1.08 bits per heavy atom. The Balaban J connectivity index is 1.71. The number of rotatable bonds is 7. The Kier molecular flexibility index (Phi) is 7.28. The Bertz CT molecular complexity index is 1210. The molecule has 1 aliphatic rings. The van der Waals surface area contributed by atoms with Crippen LogP contribution >= 0.6 is 0 Å². The average Bonchev–Trinajstić information content (AvgIpc) is 3.24. The van der Waals surface area contributed by atoms with E-state index in [0.29, 0.717) is 25.1 Å². The minimum absolute atomic E-state index is 0.0204. The largest absolute Gasteiger partial charge is 0.409 e. The molecule has 1 aliphatic heterocycles. The van der Waals surface area contributed by atoms with Crippen LogP contribution in [0.4, 0.5) is 10.1 Å². The molecule has 8 heteroatoms. The number of benzene rings is 3. The maximum atomic E-state index is 14.7. The Morgan fingerprint density at radius 2 is 1.67 bits per heavy atom. The third kappa shape index (κ3) is 4.66. The second-order valence-electron chi connectivity index (χ2n) is 10.1. The van der Waals surface area contributed by atoms with Crippen molar-refractivity contribution in [1.82, 2.24) is 0 Å². The first-order valence-electron chi connectivity index (χ1n) is 12.0. The minimum Gasteiger partial charge on any atom is -0.409 e. The number of nitrogens with zero attached hydrogens (tertiary/aromatic N) is 2. The quantitative estimate of drug-likeness (QED) is 0.167. The van der Waals surface area contributed by atoms with Gasteiger partial charge >= 0.3 is 0 Å². The molecule has 3 aromatic carbocycles. The summed E-state index contributed by atoms with van der Waals surface area (Å²) in [5.74, 6) is -1.06. The molecule has 188 valence electrons. The van der Waals surface area contributed by atoms with Crippen LogP contribution in [0.15, 0.2) is 84.0 Å². The van der Waals surface area contributed by atoms with E-state index in [1.54, 1.807) is 11.0 Å². The second kappa shape index (κ2) is 10.2. The van der Waals surface area contributed by atoms with E-state index in [1.165, 1.54) is 12.1 Å². The van der Waals surface area contributed by atoms with Gasteiger partial charge in [0, 0.05) is 12.1 Å². The van der Waals surface area contributed by atoms with Crippen molar-refractivity contribution >= 4 is 36.1 Å². The Morgan fingerprint density at radius 3 is 2.17 bits per heavy atom. The number of nitrogens with two attached hydrogens (primary N) is 1. The number of amidine groups is 1. The summed E-state index contributed by atoms with van der Waals surface area (Å²) in [6.07, 6.45) is 0.971. The van der Waals surface area contributed by atoms with Gasteiger partial charge in [0.05, 0.1) is 18.2 Å².